The van der Waals surface area contributed by atoms with Crippen LogP contribution in [0.1, 0.15) is 29.7 Å². The second-order valence-corrected chi connectivity index (χ2v) is 14.3. The van der Waals surface area contributed by atoms with E-state index in [-0.39, 0.29) is 34.4 Å². The van der Waals surface area contributed by atoms with Crippen molar-refractivity contribution < 1.29 is 63.8 Å². The number of benzene rings is 3. The van der Waals surface area contributed by atoms with Crippen molar-refractivity contribution in [3.63, 3.8) is 0 Å². The maximum atomic E-state index is 13.9. The number of likely N-dealkylation sites (N-methyl/N-ethyl adjacent to an activating group) is 1. The van der Waals surface area contributed by atoms with Crippen molar-refractivity contribution in [1.82, 2.24) is 10.1 Å². The highest BCUT2D eigenvalue weighted by atomic mass is 32.2. The van der Waals surface area contributed by atoms with E-state index in [9.17, 15) is 40.7 Å². The highest BCUT2D eigenvalue weighted by Gasteiger charge is 2.41. The number of likely N-dealkylation sites (tertiary alicyclic amines) is 1. The summed E-state index contributed by atoms with van der Waals surface area (Å²) in [6.45, 7) is 3.28. The van der Waals surface area contributed by atoms with Crippen molar-refractivity contribution in [1.29, 1.82) is 0 Å². The molecule has 4 aromatic rings. The van der Waals surface area contributed by atoms with Gasteiger partial charge in [-0.1, -0.05) is 29.4 Å². The number of hydrogen-bond acceptors (Lipinski definition) is 11. The third-order valence-electron chi connectivity index (χ3n) is 8.41. The summed E-state index contributed by atoms with van der Waals surface area (Å²) in [6, 6.07) is 16.1. The summed E-state index contributed by atoms with van der Waals surface area (Å²) in [7, 11) is -2.15. The Balaban J connectivity index is 0.000000845. The van der Waals surface area contributed by atoms with E-state index in [1.165, 1.54) is 60.4 Å². The van der Waals surface area contributed by atoms with Crippen LogP contribution in [-0.4, -0.2) is 84.4 Å². The fraction of sp³-hybridized carbons (Fsp3) is 0.314. The second kappa shape index (κ2) is 17.1. The lowest BCUT2D eigenvalue weighted by Crippen LogP contribution is -2.62. The van der Waals surface area contributed by atoms with Crippen LogP contribution in [-0.2, 0) is 32.7 Å². The number of phenols is 1. The molecule has 14 nitrogen and oxygen atoms in total. The molecule has 0 radical (unpaired) electrons. The number of aliphatic carboxylic acids is 1. The van der Waals surface area contributed by atoms with Crippen LogP contribution in [0.3, 0.4) is 0 Å². The van der Waals surface area contributed by atoms with Crippen LogP contribution < -0.4 is 20.3 Å². The van der Waals surface area contributed by atoms with Gasteiger partial charge in [0.15, 0.2) is 10.7 Å². The standard InChI is InChI=1S/C33H36FN5O7S.C2HF3O2/c1-22-31(19-36-45-22)47(43,44)46-29-15-11-26(12-16-29)37-33(42)38(32(41)30(35)18-23-7-13-28(40)14-8-23)27-4-3-17-39(2,21-27)20-24-5-9-25(34)10-6-24;3-2(4,5)1(6)7/h5-16,19,27,30H,3-4,17-18,20-21,35H2,1-2H3,(H-,37,40,42);(H,6,7)/t27-,30-,39?;/m0./s1. The first-order chi connectivity index (χ1) is 25.3. The number of hydrogen-bond donors (Lipinski definition) is 3. The molecule has 1 unspecified atom stereocenters. The molecule has 2 heterocycles. The zero-order chi connectivity index (χ0) is 39.8. The Labute approximate surface area is 307 Å². The van der Waals surface area contributed by atoms with Crippen molar-refractivity contribution in [3.05, 3.63) is 102 Å². The molecule has 54 heavy (non-hydrogen) atoms. The molecule has 290 valence electrons. The lowest BCUT2D eigenvalue weighted by atomic mass is 9.98. The summed E-state index contributed by atoms with van der Waals surface area (Å²) in [4.78, 5) is 37.6. The highest BCUT2D eigenvalue weighted by Crippen LogP contribution is 2.27. The Bertz CT molecular complexity index is 2030. The Morgan fingerprint density at radius 3 is 2.22 bits per heavy atom. The van der Waals surface area contributed by atoms with Crippen LogP contribution in [0.5, 0.6) is 11.5 Å². The van der Waals surface area contributed by atoms with Gasteiger partial charge in [0.25, 0.3) is 0 Å². The van der Waals surface area contributed by atoms with Crippen LogP contribution in [0.4, 0.5) is 28.0 Å². The van der Waals surface area contributed by atoms with Gasteiger partial charge in [-0.15, -0.1) is 0 Å². The highest BCUT2D eigenvalue weighted by molar-refractivity contribution is 7.87. The van der Waals surface area contributed by atoms with Gasteiger partial charge in [-0.3, -0.25) is 9.69 Å². The van der Waals surface area contributed by atoms with E-state index in [0.29, 0.717) is 29.7 Å². The van der Waals surface area contributed by atoms with Crippen molar-refractivity contribution in [3.8, 4) is 11.5 Å². The van der Waals surface area contributed by atoms with E-state index in [4.69, 9.17) is 24.3 Å². The number of aromatic hydroxyl groups is 1. The molecule has 3 amide bonds. The van der Waals surface area contributed by atoms with E-state index in [1.807, 2.05) is 7.05 Å². The van der Waals surface area contributed by atoms with E-state index in [2.05, 4.69) is 10.5 Å². The molecule has 3 aromatic carbocycles. The molecule has 1 aliphatic rings. The number of halogens is 4. The number of piperidine rings is 1. The molecular formula is C35H37F4N5O9S. The fourth-order valence-electron chi connectivity index (χ4n) is 5.86. The molecule has 5 rings (SSSR count). The molecule has 1 fully saturated rings. The summed E-state index contributed by atoms with van der Waals surface area (Å²) >= 11 is 0. The Kier molecular flexibility index (Phi) is 13.0. The first-order valence-corrected chi connectivity index (χ1v) is 17.7. The topological polar surface area (TPSA) is 205 Å². The number of alkyl halides is 3. The summed E-state index contributed by atoms with van der Waals surface area (Å²) in [5.74, 6) is -3.74. The Morgan fingerprint density at radius 2 is 1.67 bits per heavy atom. The molecule has 4 N–H and O–H groups in total. The Morgan fingerprint density at radius 1 is 1.07 bits per heavy atom. The molecule has 1 aliphatic heterocycles. The molecule has 1 aromatic heterocycles. The summed E-state index contributed by atoms with van der Waals surface area (Å²) < 4.78 is 80.8. The lowest BCUT2D eigenvalue weighted by molar-refractivity contribution is -0.928. The minimum absolute atomic E-state index is 0.00593. The number of nitrogens with zero attached hydrogens (tertiary/aromatic N) is 3. The molecule has 0 saturated carbocycles. The number of nitrogens with two attached hydrogens (primary N) is 1. The zero-order valence-electron chi connectivity index (χ0n) is 29.0. The number of amides is 3. The summed E-state index contributed by atoms with van der Waals surface area (Å²) in [5.41, 5.74) is 8.35. The molecule has 0 spiro atoms. The predicted molar refractivity (Wildman–Crippen MR) is 181 cm³/mol. The summed E-state index contributed by atoms with van der Waals surface area (Å²) in [6.07, 6.45) is -2.70. The van der Waals surface area contributed by atoms with Crippen LogP contribution >= 0.6 is 0 Å². The number of carboxylic acid groups (broad SMARTS) is 1. The number of carboxylic acids is 1. The number of anilines is 1. The number of quaternary nitrogens is 1. The van der Waals surface area contributed by atoms with Crippen molar-refractivity contribution >= 4 is 33.7 Å². The SMILES string of the molecule is Cc1oncc1S(=O)(=O)Oc1ccc(NC(=O)N(C(=O)[C@@H](N)Cc2ccc(O)cc2)[C@H]2CCC[N+](C)(Cc3ccc(F)cc3)C2)cc1.O=C([O-])C(F)(F)F. The number of aromatic nitrogens is 1. The number of aryl methyl sites for hydroxylation is 1. The van der Waals surface area contributed by atoms with Crippen molar-refractivity contribution in [2.45, 2.75) is 55.9 Å². The molecule has 1 saturated heterocycles. The average Bonchev–Trinajstić information content (AvgIpc) is 3.54. The third-order valence-corrected chi connectivity index (χ3v) is 9.76. The maximum Gasteiger partial charge on any atom is 0.430 e. The van der Waals surface area contributed by atoms with E-state index in [0.717, 1.165) is 30.3 Å². The van der Waals surface area contributed by atoms with Crippen LogP contribution in [0, 0.1) is 12.7 Å². The smallest absolute Gasteiger partial charge is 0.430 e. The first kappa shape index (κ1) is 41.2. The van der Waals surface area contributed by atoms with Gasteiger partial charge in [0, 0.05) is 11.3 Å². The van der Waals surface area contributed by atoms with Gasteiger partial charge in [-0.2, -0.15) is 21.6 Å². The number of imide groups is 1. The Hall–Kier alpha value is -5.53. The van der Waals surface area contributed by atoms with Crippen molar-refractivity contribution in [2.75, 3.05) is 25.5 Å². The van der Waals surface area contributed by atoms with Crippen LogP contribution in [0.25, 0.3) is 0 Å². The van der Waals surface area contributed by atoms with E-state index >= 15 is 0 Å². The average molecular weight is 780 g/mol. The van der Waals surface area contributed by atoms with Gasteiger partial charge in [-0.05, 0) is 80.3 Å². The number of phenolic OH excluding ortho intramolecular Hbond substituents is 1. The number of urea groups is 1. The first-order valence-electron chi connectivity index (χ1n) is 16.3. The monoisotopic (exact) mass is 779 g/mol. The molecular weight excluding hydrogens is 742 g/mol. The normalized spacial score (nSPS) is 17.7. The molecule has 0 aliphatic carbocycles. The maximum absolute atomic E-state index is 13.9. The van der Waals surface area contributed by atoms with Crippen molar-refractivity contribution in [2.24, 2.45) is 5.73 Å². The van der Waals surface area contributed by atoms with Gasteiger partial charge in [-0.25, -0.2) is 9.18 Å². The third kappa shape index (κ3) is 11.2. The lowest BCUT2D eigenvalue weighted by Gasteiger charge is -2.44. The number of carbonyl (C=O) groups excluding carboxylic acids is 3. The van der Waals surface area contributed by atoms with E-state index < -0.39 is 46.3 Å². The summed E-state index contributed by atoms with van der Waals surface area (Å²) in [5, 5.41) is 24.7. The van der Waals surface area contributed by atoms with Crippen LogP contribution in [0.2, 0.25) is 0 Å². The van der Waals surface area contributed by atoms with Gasteiger partial charge in [0.2, 0.25) is 5.91 Å². The largest absolute Gasteiger partial charge is 0.542 e. The second-order valence-electron chi connectivity index (χ2n) is 12.8. The van der Waals surface area contributed by atoms with Gasteiger partial charge in [0.1, 0.15) is 36.4 Å². The van der Waals surface area contributed by atoms with Gasteiger partial charge < -0.3 is 39.2 Å². The molecule has 0 bridgehead atoms. The zero-order valence-corrected chi connectivity index (χ0v) is 29.8. The number of rotatable bonds is 10. The molecule has 19 heteroatoms. The van der Waals surface area contributed by atoms with E-state index in [1.54, 1.807) is 24.3 Å². The minimum atomic E-state index is -5.19. The molecule has 3 atom stereocenters. The quantitative estimate of drug-likeness (QED) is 0.120. The fourth-order valence-corrected chi connectivity index (χ4v) is 6.88. The minimum Gasteiger partial charge on any atom is -0.542 e. The van der Waals surface area contributed by atoms with Crippen LogP contribution in [0.15, 0.2) is 88.4 Å². The number of nitrogens with one attached hydrogen (secondary N) is 1. The predicted octanol–water partition coefficient (Wildman–Crippen LogP) is 3.63. The van der Waals surface area contributed by atoms with Gasteiger partial charge in [0.05, 0.1) is 31.9 Å². The van der Waals surface area contributed by atoms with Gasteiger partial charge >= 0.3 is 22.3 Å². The number of carbonyl (C=O) groups is 3.